The second-order valence-corrected chi connectivity index (χ2v) is 3.37. The van der Waals surface area contributed by atoms with Crippen LogP contribution in [-0.4, -0.2) is 0 Å². The third-order valence-corrected chi connectivity index (χ3v) is 1.91. The van der Waals surface area contributed by atoms with E-state index in [4.69, 9.17) is 11.5 Å². The quantitative estimate of drug-likeness (QED) is 0.700. The summed E-state index contributed by atoms with van der Waals surface area (Å²) in [5.41, 5.74) is 8.63. The van der Waals surface area contributed by atoms with Gasteiger partial charge in [0.2, 0.25) is 0 Å². The molecule has 6 heteroatoms. The highest BCUT2D eigenvalue weighted by molar-refractivity contribution is 9.10. The molecule has 0 bridgehead atoms. The topological polar surface area (TPSA) is 52.0 Å². The fraction of sp³-hybridized carbons (Fsp3) is 0.143. The van der Waals surface area contributed by atoms with Crippen LogP contribution in [0, 0.1) is 0 Å². The number of alkyl halides is 3. The molecular weight excluding hydrogens is 249 g/mol. The molecule has 0 amide bonds. The molecule has 1 rings (SSSR count). The number of anilines is 2. The average molecular weight is 255 g/mol. The largest absolute Gasteiger partial charge is 0.420 e. The lowest BCUT2D eigenvalue weighted by atomic mass is 10.1. The Labute approximate surface area is 80.8 Å². The summed E-state index contributed by atoms with van der Waals surface area (Å²) in [6.07, 6.45) is -4.51. The standard InChI is InChI=1S/C7H6BrF3N2/c8-3-1-4(12)6(5(13)2-3)7(9,10)11/h1-2H,12-13H2. The van der Waals surface area contributed by atoms with Crippen molar-refractivity contribution in [2.45, 2.75) is 6.18 Å². The summed E-state index contributed by atoms with van der Waals surface area (Å²) >= 11 is 2.99. The van der Waals surface area contributed by atoms with Crippen LogP contribution < -0.4 is 11.5 Å². The second kappa shape index (κ2) is 3.10. The van der Waals surface area contributed by atoms with E-state index in [1.165, 1.54) is 12.1 Å². The van der Waals surface area contributed by atoms with Gasteiger partial charge in [-0.25, -0.2) is 0 Å². The van der Waals surface area contributed by atoms with Crippen LogP contribution >= 0.6 is 15.9 Å². The van der Waals surface area contributed by atoms with Gasteiger partial charge in [0.15, 0.2) is 0 Å². The molecule has 4 N–H and O–H groups in total. The number of hydrogen-bond acceptors (Lipinski definition) is 2. The van der Waals surface area contributed by atoms with Crippen molar-refractivity contribution in [1.82, 2.24) is 0 Å². The van der Waals surface area contributed by atoms with Crippen LogP contribution in [0.3, 0.4) is 0 Å². The molecule has 0 unspecified atom stereocenters. The molecule has 1 aromatic carbocycles. The Bertz CT molecular complexity index is 312. The van der Waals surface area contributed by atoms with Gasteiger partial charge in [-0.15, -0.1) is 0 Å². The van der Waals surface area contributed by atoms with Gasteiger partial charge in [-0.1, -0.05) is 15.9 Å². The first kappa shape index (κ1) is 10.2. The van der Waals surface area contributed by atoms with E-state index in [1.807, 2.05) is 0 Å². The van der Waals surface area contributed by atoms with E-state index in [1.54, 1.807) is 0 Å². The van der Waals surface area contributed by atoms with Crippen molar-refractivity contribution >= 4 is 27.3 Å². The SMILES string of the molecule is Nc1cc(Br)cc(N)c1C(F)(F)F. The Morgan fingerprint density at radius 2 is 1.46 bits per heavy atom. The number of rotatable bonds is 0. The predicted molar refractivity (Wildman–Crippen MR) is 48.0 cm³/mol. The molecule has 2 nitrogen and oxygen atoms in total. The number of benzene rings is 1. The maximum absolute atomic E-state index is 12.3. The molecule has 0 aliphatic rings. The van der Waals surface area contributed by atoms with Gasteiger partial charge in [0.1, 0.15) is 5.56 Å². The molecule has 72 valence electrons. The van der Waals surface area contributed by atoms with Crippen molar-refractivity contribution in [3.05, 3.63) is 22.2 Å². The van der Waals surface area contributed by atoms with Crippen LogP contribution in [0.1, 0.15) is 5.56 Å². The van der Waals surface area contributed by atoms with Gasteiger partial charge in [-0.3, -0.25) is 0 Å². The van der Waals surface area contributed by atoms with E-state index in [9.17, 15) is 13.2 Å². The lowest BCUT2D eigenvalue weighted by Crippen LogP contribution is -2.12. The predicted octanol–water partition coefficient (Wildman–Crippen LogP) is 2.63. The summed E-state index contributed by atoms with van der Waals surface area (Å²) in [5.74, 6) is 0. The highest BCUT2D eigenvalue weighted by atomic mass is 79.9. The van der Waals surface area contributed by atoms with Gasteiger partial charge >= 0.3 is 6.18 Å². The maximum Gasteiger partial charge on any atom is 0.420 e. The molecule has 13 heavy (non-hydrogen) atoms. The average Bonchev–Trinajstić information content (AvgIpc) is 1.78. The monoisotopic (exact) mass is 254 g/mol. The van der Waals surface area contributed by atoms with E-state index in [0.717, 1.165) is 0 Å². The Hall–Kier alpha value is -0.910. The first-order valence-corrected chi connectivity index (χ1v) is 4.03. The highest BCUT2D eigenvalue weighted by Crippen LogP contribution is 2.39. The summed E-state index contributed by atoms with van der Waals surface area (Å²) < 4.78 is 37.2. The third kappa shape index (κ3) is 2.06. The Morgan fingerprint density at radius 1 is 1.08 bits per heavy atom. The molecule has 0 saturated carbocycles. The molecule has 0 radical (unpaired) electrons. The van der Waals surface area contributed by atoms with Gasteiger partial charge in [0.05, 0.1) is 0 Å². The minimum atomic E-state index is -4.51. The molecule has 0 heterocycles. The Morgan fingerprint density at radius 3 is 1.77 bits per heavy atom. The zero-order chi connectivity index (χ0) is 10.2. The fourth-order valence-corrected chi connectivity index (χ4v) is 1.47. The summed E-state index contributed by atoms with van der Waals surface area (Å²) in [4.78, 5) is 0. The van der Waals surface area contributed by atoms with Crippen LogP contribution in [0.2, 0.25) is 0 Å². The zero-order valence-corrected chi connectivity index (χ0v) is 7.91. The van der Waals surface area contributed by atoms with E-state index >= 15 is 0 Å². The summed E-state index contributed by atoms with van der Waals surface area (Å²) in [5, 5.41) is 0. The van der Waals surface area contributed by atoms with Gasteiger partial charge in [-0.05, 0) is 12.1 Å². The lowest BCUT2D eigenvalue weighted by Gasteiger charge is -2.12. The van der Waals surface area contributed by atoms with Crippen LogP contribution in [0.4, 0.5) is 24.5 Å². The molecule has 0 spiro atoms. The van der Waals surface area contributed by atoms with Crippen LogP contribution in [0.25, 0.3) is 0 Å². The molecule has 1 aromatic rings. The van der Waals surface area contributed by atoms with Crippen molar-refractivity contribution in [3.63, 3.8) is 0 Å². The van der Waals surface area contributed by atoms with Crippen LogP contribution in [0.5, 0.6) is 0 Å². The molecule has 0 aliphatic heterocycles. The number of hydrogen-bond donors (Lipinski definition) is 2. The second-order valence-electron chi connectivity index (χ2n) is 2.46. The van der Waals surface area contributed by atoms with Crippen LogP contribution in [-0.2, 0) is 6.18 Å². The number of nitrogen functional groups attached to an aromatic ring is 2. The lowest BCUT2D eigenvalue weighted by molar-refractivity contribution is -0.136. The summed E-state index contributed by atoms with van der Waals surface area (Å²) in [6.45, 7) is 0. The van der Waals surface area contributed by atoms with Crippen molar-refractivity contribution < 1.29 is 13.2 Å². The van der Waals surface area contributed by atoms with E-state index in [2.05, 4.69) is 15.9 Å². The normalized spacial score (nSPS) is 11.7. The van der Waals surface area contributed by atoms with Crippen molar-refractivity contribution in [2.75, 3.05) is 11.5 Å². The minimum absolute atomic E-state index is 0.376. The van der Waals surface area contributed by atoms with Crippen molar-refractivity contribution in [2.24, 2.45) is 0 Å². The van der Waals surface area contributed by atoms with Crippen molar-refractivity contribution in [3.8, 4) is 0 Å². The smallest absolute Gasteiger partial charge is 0.398 e. The third-order valence-electron chi connectivity index (χ3n) is 1.45. The summed E-state index contributed by atoms with van der Waals surface area (Å²) in [6, 6.07) is 2.33. The molecular formula is C7H6BrF3N2. The first-order valence-electron chi connectivity index (χ1n) is 3.24. The molecule has 0 saturated heterocycles. The Balaban J connectivity index is 3.38. The zero-order valence-electron chi connectivity index (χ0n) is 6.32. The van der Waals surface area contributed by atoms with E-state index in [0.29, 0.717) is 4.47 Å². The molecule has 0 atom stereocenters. The van der Waals surface area contributed by atoms with Gasteiger partial charge < -0.3 is 11.5 Å². The van der Waals surface area contributed by atoms with Gasteiger partial charge in [-0.2, -0.15) is 13.2 Å². The maximum atomic E-state index is 12.3. The molecule has 0 aromatic heterocycles. The highest BCUT2D eigenvalue weighted by Gasteiger charge is 2.35. The van der Waals surface area contributed by atoms with E-state index < -0.39 is 11.7 Å². The fourth-order valence-electron chi connectivity index (χ4n) is 0.977. The van der Waals surface area contributed by atoms with Gasteiger partial charge in [0, 0.05) is 15.8 Å². The molecule has 0 aliphatic carbocycles. The molecule has 0 fully saturated rings. The first-order chi connectivity index (χ1) is 5.82. The number of halogens is 4. The van der Waals surface area contributed by atoms with E-state index in [-0.39, 0.29) is 11.4 Å². The number of nitrogens with two attached hydrogens (primary N) is 2. The summed E-state index contributed by atoms with van der Waals surface area (Å²) in [7, 11) is 0. The van der Waals surface area contributed by atoms with Gasteiger partial charge in [0.25, 0.3) is 0 Å². The minimum Gasteiger partial charge on any atom is -0.398 e. The van der Waals surface area contributed by atoms with Crippen LogP contribution in [0.15, 0.2) is 16.6 Å². The van der Waals surface area contributed by atoms with Crippen molar-refractivity contribution in [1.29, 1.82) is 0 Å². The Kier molecular flexibility index (Phi) is 2.42.